The van der Waals surface area contributed by atoms with Crippen molar-refractivity contribution >= 4 is 11.6 Å². The molecule has 0 bridgehead atoms. The van der Waals surface area contributed by atoms with E-state index in [4.69, 9.17) is 0 Å². The minimum Gasteiger partial charge on any atom is -0.320 e. The van der Waals surface area contributed by atoms with Gasteiger partial charge >= 0.3 is 0 Å². The van der Waals surface area contributed by atoms with Crippen molar-refractivity contribution in [2.45, 2.75) is 57.0 Å². The van der Waals surface area contributed by atoms with Gasteiger partial charge in [0.15, 0.2) is 6.17 Å². The molecule has 1 amide bonds. The Bertz CT molecular complexity index is 1220. The van der Waals surface area contributed by atoms with Gasteiger partial charge in [0.05, 0.1) is 16.9 Å². The molecule has 1 fully saturated rings. The highest BCUT2D eigenvalue weighted by molar-refractivity contribution is 6.06. The summed E-state index contributed by atoms with van der Waals surface area (Å²) in [6.07, 6.45) is -3.05. The lowest BCUT2D eigenvalue weighted by atomic mass is 9.81. The molecule has 4 rings (SSSR count). The molecule has 1 aliphatic rings. The van der Waals surface area contributed by atoms with Gasteiger partial charge in [0, 0.05) is 41.6 Å². The average Bonchev–Trinajstić information content (AvgIpc) is 2.84. The molecule has 1 aromatic carbocycles. The van der Waals surface area contributed by atoms with Crippen LogP contribution in [0.3, 0.4) is 0 Å². The van der Waals surface area contributed by atoms with Gasteiger partial charge in [-0.3, -0.25) is 9.78 Å². The number of nitrogens with one attached hydrogen (secondary N) is 1. The third kappa shape index (κ3) is 5.01. The van der Waals surface area contributed by atoms with E-state index in [2.05, 4.69) is 20.3 Å². The maximum atomic E-state index is 14.9. The van der Waals surface area contributed by atoms with Crippen molar-refractivity contribution < 1.29 is 26.7 Å². The van der Waals surface area contributed by atoms with Crippen LogP contribution in [0.4, 0.5) is 27.6 Å². The normalized spacial score (nSPS) is 22.3. The molecule has 10 heteroatoms. The summed E-state index contributed by atoms with van der Waals surface area (Å²) >= 11 is 0. The number of hydrogen-bond acceptors (Lipinski definition) is 4. The molecule has 3 aromatic rings. The molecular formula is C25H23F5N4O. The number of halogens is 5. The zero-order valence-corrected chi connectivity index (χ0v) is 19.0. The molecule has 2 aromatic heterocycles. The topological polar surface area (TPSA) is 67.8 Å². The van der Waals surface area contributed by atoms with Crippen LogP contribution in [0, 0.1) is 11.6 Å². The molecule has 184 valence electrons. The number of anilines is 1. The van der Waals surface area contributed by atoms with E-state index < -0.39 is 42.0 Å². The average molecular weight is 490 g/mol. The monoisotopic (exact) mass is 490 g/mol. The number of amides is 1. The summed E-state index contributed by atoms with van der Waals surface area (Å²) in [4.78, 5) is 25.5. The number of rotatable bonds is 5. The van der Waals surface area contributed by atoms with Crippen LogP contribution in [-0.2, 0) is 0 Å². The smallest absolute Gasteiger partial charge is 0.258 e. The second-order valence-corrected chi connectivity index (χ2v) is 8.77. The van der Waals surface area contributed by atoms with Gasteiger partial charge in [0.1, 0.15) is 29.8 Å². The predicted octanol–water partition coefficient (Wildman–Crippen LogP) is 6.08. The maximum absolute atomic E-state index is 14.9. The highest BCUT2D eigenvalue weighted by Gasteiger charge is 2.43. The fraction of sp³-hybridized carbons (Fsp3) is 0.360. The summed E-state index contributed by atoms with van der Waals surface area (Å²) in [5.41, 5.74) is -0.331. The van der Waals surface area contributed by atoms with Crippen molar-refractivity contribution in [2.24, 2.45) is 0 Å². The first kappa shape index (κ1) is 24.7. The second-order valence-electron chi connectivity index (χ2n) is 8.77. The largest absolute Gasteiger partial charge is 0.320 e. The van der Waals surface area contributed by atoms with Gasteiger partial charge in [0.25, 0.3) is 5.91 Å². The summed E-state index contributed by atoms with van der Waals surface area (Å²) in [6, 6.07) is 4.10. The summed E-state index contributed by atoms with van der Waals surface area (Å²) in [5.74, 6) is -2.90. The zero-order valence-electron chi connectivity index (χ0n) is 19.0. The Morgan fingerprint density at radius 3 is 2.37 bits per heavy atom. The fourth-order valence-electron chi connectivity index (χ4n) is 4.12. The first-order valence-electron chi connectivity index (χ1n) is 11.2. The van der Waals surface area contributed by atoms with Gasteiger partial charge < -0.3 is 5.32 Å². The Labute approximate surface area is 198 Å². The summed E-state index contributed by atoms with van der Waals surface area (Å²) in [5, 5.41) is 2.58. The number of hydrogen-bond donors (Lipinski definition) is 1. The molecule has 4 unspecified atom stereocenters. The lowest BCUT2D eigenvalue weighted by Gasteiger charge is -2.32. The van der Waals surface area contributed by atoms with Crippen LogP contribution < -0.4 is 5.32 Å². The van der Waals surface area contributed by atoms with E-state index >= 15 is 0 Å². The Hall–Kier alpha value is -3.43. The van der Waals surface area contributed by atoms with Crippen LogP contribution in [0.25, 0.3) is 11.1 Å². The lowest BCUT2D eigenvalue weighted by molar-refractivity contribution is 0.0282. The van der Waals surface area contributed by atoms with Gasteiger partial charge in [-0.15, -0.1) is 0 Å². The van der Waals surface area contributed by atoms with Crippen LogP contribution in [-0.4, -0.2) is 39.4 Å². The summed E-state index contributed by atoms with van der Waals surface area (Å²) < 4.78 is 71.5. The Kier molecular flexibility index (Phi) is 7.09. The minimum absolute atomic E-state index is 0.0186. The summed E-state index contributed by atoms with van der Waals surface area (Å²) in [6.45, 7) is 3.77. The number of carbonyl (C=O) groups excluding carboxylic acids is 1. The Morgan fingerprint density at radius 2 is 1.69 bits per heavy atom. The molecule has 4 atom stereocenters. The molecule has 0 saturated heterocycles. The molecule has 1 aliphatic carbocycles. The van der Waals surface area contributed by atoms with E-state index in [0.29, 0.717) is 5.82 Å². The van der Waals surface area contributed by atoms with Crippen molar-refractivity contribution in [2.75, 3.05) is 5.32 Å². The van der Waals surface area contributed by atoms with E-state index in [1.165, 1.54) is 24.7 Å². The Balaban J connectivity index is 1.80. The van der Waals surface area contributed by atoms with E-state index in [0.717, 1.165) is 18.2 Å². The molecule has 5 nitrogen and oxygen atoms in total. The molecule has 0 spiro atoms. The third-order valence-electron chi connectivity index (χ3n) is 6.03. The Morgan fingerprint density at radius 1 is 0.971 bits per heavy atom. The van der Waals surface area contributed by atoms with Crippen LogP contribution in [0.5, 0.6) is 0 Å². The van der Waals surface area contributed by atoms with Gasteiger partial charge in [-0.05, 0) is 37.1 Å². The molecule has 0 aliphatic heterocycles. The number of pyridine rings is 1. The van der Waals surface area contributed by atoms with Crippen molar-refractivity contribution in [3.8, 4) is 11.1 Å². The molecular weight excluding hydrogens is 467 g/mol. The first-order chi connectivity index (χ1) is 16.7. The fourth-order valence-corrected chi connectivity index (χ4v) is 4.12. The van der Waals surface area contributed by atoms with E-state index in [-0.39, 0.29) is 46.8 Å². The van der Waals surface area contributed by atoms with Crippen molar-refractivity contribution in [1.82, 2.24) is 15.0 Å². The third-order valence-corrected chi connectivity index (χ3v) is 6.03. The standard InChI is InChI=1S/C25H23F5N4O/c1-12(2)24-32-10-13(11-33-24)25(35)34-23-15(17-9-14(26)3-5-18(17)27)7-8-31-22(23)16-4-6-19(28)21(30)20(16)29/h3,5,7-12,16,19-21H,4,6H2,1-2H3,(H,34,35). The van der Waals surface area contributed by atoms with Gasteiger partial charge in [-0.2, -0.15) is 0 Å². The number of aromatic nitrogens is 3. The van der Waals surface area contributed by atoms with Gasteiger partial charge in [-0.1, -0.05) is 13.8 Å². The number of benzene rings is 1. The maximum Gasteiger partial charge on any atom is 0.258 e. The number of nitrogens with zero attached hydrogens (tertiary/aromatic N) is 3. The van der Waals surface area contributed by atoms with E-state index in [9.17, 15) is 26.7 Å². The molecule has 2 heterocycles. The van der Waals surface area contributed by atoms with Crippen molar-refractivity contribution in [1.29, 1.82) is 0 Å². The van der Waals surface area contributed by atoms with Gasteiger partial charge in [-0.25, -0.2) is 31.9 Å². The van der Waals surface area contributed by atoms with E-state index in [1.807, 2.05) is 13.8 Å². The van der Waals surface area contributed by atoms with E-state index in [1.54, 1.807) is 0 Å². The highest BCUT2D eigenvalue weighted by atomic mass is 19.2. The predicted molar refractivity (Wildman–Crippen MR) is 120 cm³/mol. The molecule has 1 N–H and O–H groups in total. The van der Waals surface area contributed by atoms with Crippen molar-refractivity contribution in [3.05, 3.63) is 71.6 Å². The number of carbonyl (C=O) groups is 1. The van der Waals surface area contributed by atoms with Crippen LogP contribution in [0.2, 0.25) is 0 Å². The quantitative estimate of drug-likeness (QED) is 0.440. The molecule has 0 radical (unpaired) electrons. The van der Waals surface area contributed by atoms with Crippen LogP contribution in [0.1, 0.15) is 60.4 Å². The number of alkyl halides is 3. The summed E-state index contributed by atoms with van der Waals surface area (Å²) in [7, 11) is 0. The zero-order chi connectivity index (χ0) is 25.3. The SMILES string of the molecule is CC(C)c1ncc(C(=O)Nc2c(-c3cc(F)ccc3F)ccnc2C2CCC(F)C(F)C2F)cn1. The highest BCUT2D eigenvalue weighted by Crippen LogP contribution is 2.43. The van der Waals surface area contributed by atoms with Crippen molar-refractivity contribution in [3.63, 3.8) is 0 Å². The molecule has 1 saturated carbocycles. The second kappa shape index (κ2) is 10.1. The van der Waals surface area contributed by atoms with Crippen LogP contribution >= 0.6 is 0 Å². The first-order valence-corrected chi connectivity index (χ1v) is 11.2. The lowest BCUT2D eigenvalue weighted by Crippen LogP contribution is -2.38. The van der Waals surface area contributed by atoms with Gasteiger partial charge in [0.2, 0.25) is 0 Å². The molecule has 35 heavy (non-hydrogen) atoms. The minimum atomic E-state index is -2.37. The van der Waals surface area contributed by atoms with Crippen LogP contribution in [0.15, 0.2) is 42.9 Å².